The molecule has 0 amide bonds. The number of thiophene rings is 1. The van der Waals surface area contributed by atoms with E-state index in [2.05, 4.69) is 25.2 Å². The molecule has 2 rings (SSSR count). The third-order valence-corrected chi connectivity index (χ3v) is 4.39. The summed E-state index contributed by atoms with van der Waals surface area (Å²) in [4.78, 5) is 2.54. The minimum absolute atomic E-state index is 0.243. The molecule has 0 spiro atoms. The van der Waals surface area contributed by atoms with Crippen LogP contribution in [-0.2, 0) is 6.54 Å². The standard InChI is InChI=1S/C16H21FN2OS/c1-4-5-20-16-8-15(14(18)7-13(16)17)19-9-12-6-10(2)11(3)21-12/h6-8,19H,4-5,9,18H2,1-3H3. The van der Waals surface area contributed by atoms with Gasteiger partial charge in [0.15, 0.2) is 11.6 Å². The van der Waals surface area contributed by atoms with Crippen molar-refractivity contribution in [2.75, 3.05) is 17.7 Å². The Bertz CT molecular complexity index is 605. The molecule has 0 aliphatic heterocycles. The van der Waals surface area contributed by atoms with Crippen LogP contribution >= 0.6 is 11.3 Å². The van der Waals surface area contributed by atoms with Crippen molar-refractivity contribution in [1.82, 2.24) is 0 Å². The highest BCUT2D eigenvalue weighted by Crippen LogP contribution is 2.29. The van der Waals surface area contributed by atoms with Gasteiger partial charge in [-0.05, 0) is 31.9 Å². The van der Waals surface area contributed by atoms with Crippen molar-refractivity contribution in [2.24, 2.45) is 0 Å². The summed E-state index contributed by atoms with van der Waals surface area (Å²) < 4.78 is 19.1. The third-order valence-electron chi connectivity index (χ3n) is 3.24. The Kier molecular flexibility index (Phi) is 5.07. The van der Waals surface area contributed by atoms with Gasteiger partial charge in [0.25, 0.3) is 0 Å². The zero-order valence-electron chi connectivity index (χ0n) is 12.6. The summed E-state index contributed by atoms with van der Waals surface area (Å²) in [6, 6.07) is 5.09. The lowest BCUT2D eigenvalue weighted by molar-refractivity contribution is 0.301. The van der Waals surface area contributed by atoms with Gasteiger partial charge in [0.1, 0.15) is 0 Å². The summed E-state index contributed by atoms with van der Waals surface area (Å²) in [6.07, 6.45) is 0.834. The Labute approximate surface area is 128 Å². The highest BCUT2D eigenvalue weighted by Gasteiger charge is 2.10. The van der Waals surface area contributed by atoms with Crippen LogP contribution in [0.3, 0.4) is 0 Å². The summed E-state index contributed by atoms with van der Waals surface area (Å²) >= 11 is 1.75. The van der Waals surface area contributed by atoms with Gasteiger partial charge in [-0.25, -0.2) is 4.39 Å². The van der Waals surface area contributed by atoms with E-state index in [-0.39, 0.29) is 5.75 Å². The number of halogens is 1. The van der Waals surface area contributed by atoms with E-state index >= 15 is 0 Å². The van der Waals surface area contributed by atoms with Crippen LogP contribution in [0.2, 0.25) is 0 Å². The molecule has 0 saturated heterocycles. The van der Waals surface area contributed by atoms with Gasteiger partial charge in [0.05, 0.1) is 18.0 Å². The van der Waals surface area contributed by atoms with E-state index in [0.29, 0.717) is 24.5 Å². The van der Waals surface area contributed by atoms with E-state index in [0.717, 1.165) is 6.42 Å². The van der Waals surface area contributed by atoms with Gasteiger partial charge in [-0.3, -0.25) is 0 Å². The Morgan fingerprint density at radius 1 is 1.29 bits per heavy atom. The molecule has 5 heteroatoms. The number of hydrogen-bond acceptors (Lipinski definition) is 4. The average molecular weight is 308 g/mol. The van der Waals surface area contributed by atoms with Crippen molar-refractivity contribution in [2.45, 2.75) is 33.7 Å². The normalized spacial score (nSPS) is 10.7. The molecule has 3 N–H and O–H groups in total. The van der Waals surface area contributed by atoms with E-state index in [1.807, 2.05) is 6.92 Å². The Morgan fingerprint density at radius 3 is 2.67 bits per heavy atom. The lowest BCUT2D eigenvalue weighted by Gasteiger charge is -2.12. The molecule has 0 unspecified atom stereocenters. The fourth-order valence-corrected chi connectivity index (χ4v) is 2.96. The summed E-state index contributed by atoms with van der Waals surface area (Å²) in [5, 5.41) is 3.25. The summed E-state index contributed by atoms with van der Waals surface area (Å²) in [7, 11) is 0. The average Bonchev–Trinajstić information content (AvgIpc) is 2.76. The monoisotopic (exact) mass is 308 g/mol. The molecule has 0 aliphatic rings. The zero-order chi connectivity index (χ0) is 15.4. The molecule has 0 bridgehead atoms. The van der Waals surface area contributed by atoms with Crippen molar-refractivity contribution in [3.05, 3.63) is 39.3 Å². The molecule has 1 aromatic carbocycles. The first-order valence-corrected chi connectivity index (χ1v) is 7.84. The Morgan fingerprint density at radius 2 is 2.05 bits per heavy atom. The number of nitrogens with two attached hydrogens (primary N) is 1. The van der Waals surface area contributed by atoms with Crippen LogP contribution in [0.4, 0.5) is 15.8 Å². The van der Waals surface area contributed by atoms with E-state index in [9.17, 15) is 4.39 Å². The van der Waals surface area contributed by atoms with Crippen LogP contribution < -0.4 is 15.8 Å². The molecule has 21 heavy (non-hydrogen) atoms. The minimum atomic E-state index is -0.422. The number of anilines is 2. The van der Waals surface area contributed by atoms with E-state index < -0.39 is 5.82 Å². The molecule has 1 heterocycles. The number of benzene rings is 1. The number of aryl methyl sites for hydroxylation is 2. The molecule has 114 valence electrons. The van der Waals surface area contributed by atoms with Crippen LogP contribution in [0, 0.1) is 19.7 Å². The van der Waals surface area contributed by atoms with Crippen molar-refractivity contribution in [3.63, 3.8) is 0 Å². The highest BCUT2D eigenvalue weighted by atomic mass is 32.1. The van der Waals surface area contributed by atoms with Gasteiger partial charge in [0.2, 0.25) is 0 Å². The molecule has 0 aliphatic carbocycles. The molecule has 0 atom stereocenters. The minimum Gasteiger partial charge on any atom is -0.490 e. The molecular formula is C16H21FN2OS. The topological polar surface area (TPSA) is 47.3 Å². The van der Waals surface area contributed by atoms with Crippen molar-refractivity contribution < 1.29 is 9.13 Å². The number of hydrogen-bond donors (Lipinski definition) is 2. The van der Waals surface area contributed by atoms with Crippen molar-refractivity contribution in [1.29, 1.82) is 0 Å². The molecule has 2 aromatic rings. The number of ether oxygens (including phenoxy) is 1. The van der Waals surface area contributed by atoms with Crippen LogP contribution in [0.5, 0.6) is 5.75 Å². The van der Waals surface area contributed by atoms with Gasteiger partial charge in [-0.15, -0.1) is 11.3 Å². The molecular weight excluding hydrogens is 287 g/mol. The Hall–Kier alpha value is -1.75. The predicted octanol–water partition coefficient (Wildman–Crippen LogP) is 4.49. The molecule has 0 radical (unpaired) electrons. The van der Waals surface area contributed by atoms with Crippen LogP contribution in [0.25, 0.3) is 0 Å². The smallest absolute Gasteiger partial charge is 0.167 e. The van der Waals surface area contributed by atoms with Gasteiger partial charge in [-0.1, -0.05) is 6.92 Å². The van der Waals surface area contributed by atoms with Gasteiger partial charge < -0.3 is 15.8 Å². The number of rotatable bonds is 6. The lowest BCUT2D eigenvalue weighted by Crippen LogP contribution is -2.04. The van der Waals surface area contributed by atoms with E-state index in [1.54, 1.807) is 17.4 Å². The van der Waals surface area contributed by atoms with Gasteiger partial charge in [0, 0.05) is 28.4 Å². The van der Waals surface area contributed by atoms with Crippen LogP contribution in [0.15, 0.2) is 18.2 Å². The SMILES string of the molecule is CCCOc1cc(NCc2cc(C)c(C)s2)c(N)cc1F. The fourth-order valence-electron chi connectivity index (χ4n) is 1.96. The van der Waals surface area contributed by atoms with E-state index in [1.165, 1.54) is 21.4 Å². The summed E-state index contributed by atoms with van der Waals surface area (Å²) in [6.45, 7) is 7.34. The van der Waals surface area contributed by atoms with E-state index in [4.69, 9.17) is 10.5 Å². The van der Waals surface area contributed by atoms with Crippen LogP contribution in [0.1, 0.15) is 28.7 Å². The first kappa shape index (κ1) is 15.6. The van der Waals surface area contributed by atoms with Crippen molar-refractivity contribution in [3.8, 4) is 5.75 Å². The molecule has 1 aromatic heterocycles. The maximum absolute atomic E-state index is 13.7. The maximum Gasteiger partial charge on any atom is 0.167 e. The quantitative estimate of drug-likeness (QED) is 0.773. The summed E-state index contributed by atoms with van der Waals surface area (Å²) in [5.41, 5.74) is 8.24. The first-order valence-electron chi connectivity index (χ1n) is 7.02. The maximum atomic E-state index is 13.7. The largest absolute Gasteiger partial charge is 0.490 e. The lowest BCUT2D eigenvalue weighted by atomic mass is 10.2. The first-order chi connectivity index (χ1) is 10.0. The summed E-state index contributed by atoms with van der Waals surface area (Å²) in [5.74, 6) is -0.179. The zero-order valence-corrected chi connectivity index (χ0v) is 13.4. The highest BCUT2D eigenvalue weighted by molar-refractivity contribution is 7.12. The number of nitrogens with one attached hydrogen (secondary N) is 1. The second-order valence-electron chi connectivity index (χ2n) is 5.02. The second kappa shape index (κ2) is 6.80. The second-order valence-corrected chi connectivity index (χ2v) is 6.36. The molecule has 3 nitrogen and oxygen atoms in total. The number of nitrogen functional groups attached to an aromatic ring is 1. The molecule has 0 fully saturated rings. The van der Waals surface area contributed by atoms with Gasteiger partial charge in [-0.2, -0.15) is 0 Å². The third kappa shape index (κ3) is 3.88. The Balaban J connectivity index is 2.11. The fraction of sp³-hybridized carbons (Fsp3) is 0.375. The van der Waals surface area contributed by atoms with Crippen molar-refractivity contribution >= 4 is 22.7 Å². The molecule has 0 saturated carbocycles. The predicted molar refractivity (Wildman–Crippen MR) is 87.7 cm³/mol. The van der Waals surface area contributed by atoms with Gasteiger partial charge >= 0.3 is 0 Å². The van der Waals surface area contributed by atoms with Crippen LogP contribution in [-0.4, -0.2) is 6.61 Å².